The molecule has 0 atom stereocenters. The second kappa shape index (κ2) is 6.65. The molecule has 0 heterocycles. The van der Waals surface area contributed by atoms with Crippen LogP contribution in [0.15, 0.2) is 24.3 Å². The summed E-state index contributed by atoms with van der Waals surface area (Å²) in [4.78, 5) is 22.3. The second-order valence-electron chi connectivity index (χ2n) is 3.69. The van der Waals surface area contributed by atoms with E-state index in [4.69, 9.17) is 5.73 Å². The summed E-state index contributed by atoms with van der Waals surface area (Å²) in [5.74, 6) is -0.489. The Labute approximate surface area is 100 Å². The number of carbonyl (C=O) groups excluding carboxylic acids is 2. The second-order valence-corrected chi connectivity index (χ2v) is 3.69. The Morgan fingerprint density at radius 1 is 1.35 bits per heavy atom. The lowest BCUT2D eigenvalue weighted by Crippen LogP contribution is -2.26. The van der Waals surface area contributed by atoms with E-state index in [0.29, 0.717) is 25.1 Å². The molecule has 1 aromatic carbocycles. The summed E-state index contributed by atoms with van der Waals surface area (Å²) in [7, 11) is 1.80. The fourth-order valence-corrected chi connectivity index (χ4v) is 1.36. The number of amides is 2. The van der Waals surface area contributed by atoms with Crippen LogP contribution in [-0.4, -0.2) is 25.4 Å². The third kappa shape index (κ3) is 4.65. The minimum Gasteiger partial charge on any atom is -0.366 e. The normalized spacial score (nSPS) is 9.94. The molecule has 0 aliphatic heterocycles. The van der Waals surface area contributed by atoms with Crippen LogP contribution in [0.3, 0.4) is 0 Å². The number of carbonyl (C=O) groups is 2. The van der Waals surface area contributed by atoms with Gasteiger partial charge in [-0.05, 0) is 24.7 Å². The fourth-order valence-electron chi connectivity index (χ4n) is 1.36. The zero-order chi connectivity index (χ0) is 12.7. The van der Waals surface area contributed by atoms with Crippen LogP contribution >= 0.6 is 0 Å². The molecule has 0 unspecified atom stereocenters. The van der Waals surface area contributed by atoms with Gasteiger partial charge in [-0.25, -0.2) is 0 Å². The van der Waals surface area contributed by atoms with Gasteiger partial charge in [-0.1, -0.05) is 12.1 Å². The first-order chi connectivity index (χ1) is 8.13. The molecule has 0 aliphatic carbocycles. The van der Waals surface area contributed by atoms with Crippen molar-refractivity contribution in [1.82, 2.24) is 10.6 Å². The number of benzene rings is 1. The van der Waals surface area contributed by atoms with E-state index in [1.54, 1.807) is 25.2 Å². The first-order valence-electron chi connectivity index (χ1n) is 5.43. The van der Waals surface area contributed by atoms with E-state index in [2.05, 4.69) is 10.6 Å². The summed E-state index contributed by atoms with van der Waals surface area (Å²) < 4.78 is 0. The molecule has 0 spiro atoms. The summed E-state index contributed by atoms with van der Waals surface area (Å²) in [5.41, 5.74) is 6.48. The highest BCUT2D eigenvalue weighted by atomic mass is 16.1. The van der Waals surface area contributed by atoms with Gasteiger partial charge in [-0.3, -0.25) is 9.59 Å². The van der Waals surface area contributed by atoms with Gasteiger partial charge in [-0.15, -0.1) is 0 Å². The average molecular weight is 235 g/mol. The van der Waals surface area contributed by atoms with Crippen molar-refractivity contribution < 1.29 is 9.59 Å². The minimum absolute atomic E-state index is 0.0242. The summed E-state index contributed by atoms with van der Waals surface area (Å²) in [6, 6.07) is 6.91. The smallest absolute Gasteiger partial charge is 0.248 e. The van der Waals surface area contributed by atoms with Crippen LogP contribution in [0.4, 0.5) is 0 Å². The van der Waals surface area contributed by atoms with Gasteiger partial charge in [-0.2, -0.15) is 0 Å². The van der Waals surface area contributed by atoms with Crippen LogP contribution in [0.25, 0.3) is 0 Å². The topological polar surface area (TPSA) is 84.2 Å². The molecule has 0 aromatic heterocycles. The molecule has 0 saturated heterocycles. The highest BCUT2D eigenvalue weighted by Gasteiger charge is 2.03. The van der Waals surface area contributed by atoms with Crippen LogP contribution in [0.2, 0.25) is 0 Å². The van der Waals surface area contributed by atoms with Gasteiger partial charge in [0.25, 0.3) is 0 Å². The van der Waals surface area contributed by atoms with E-state index in [0.717, 1.165) is 5.56 Å². The Kier molecular flexibility index (Phi) is 5.16. The third-order valence-electron chi connectivity index (χ3n) is 2.30. The molecule has 1 aromatic rings. The van der Waals surface area contributed by atoms with E-state index < -0.39 is 5.91 Å². The van der Waals surface area contributed by atoms with Crippen molar-refractivity contribution >= 4 is 11.8 Å². The van der Waals surface area contributed by atoms with E-state index in [1.165, 1.54) is 0 Å². The Balaban J connectivity index is 2.49. The number of hydrogen-bond donors (Lipinski definition) is 3. The number of nitrogens with two attached hydrogens (primary N) is 1. The minimum atomic E-state index is -0.464. The molecule has 0 fully saturated rings. The maximum atomic E-state index is 11.4. The van der Waals surface area contributed by atoms with Crippen LogP contribution in [0.1, 0.15) is 22.3 Å². The Bertz CT molecular complexity index is 404. The molecule has 0 bridgehead atoms. The number of hydrogen-bond acceptors (Lipinski definition) is 3. The highest BCUT2D eigenvalue weighted by molar-refractivity contribution is 5.92. The highest BCUT2D eigenvalue weighted by Crippen LogP contribution is 2.04. The van der Waals surface area contributed by atoms with Gasteiger partial charge in [0.2, 0.25) is 11.8 Å². The molecule has 0 aliphatic rings. The molecule has 4 N–H and O–H groups in total. The Hall–Kier alpha value is -1.88. The SMILES string of the molecule is CNCCC(=O)NCc1cccc(C(N)=O)c1. The molecular formula is C12H17N3O2. The van der Waals surface area contributed by atoms with Gasteiger partial charge >= 0.3 is 0 Å². The summed E-state index contributed by atoms with van der Waals surface area (Å²) in [6.07, 6.45) is 0.437. The van der Waals surface area contributed by atoms with Crippen LogP contribution < -0.4 is 16.4 Å². The van der Waals surface area contributed by atoms with Crippen LogP contribution in [0.5, 0.6) is 0 Å². The van der Waals surface area contributed by atoms with Gasteiger partial charge in [0.15, 0.2) is 0 Å². The van der Waals surface area contributed by atoms with E-state index in [9.17, 15) is 9.59 Å². The molecule has 92 valence electrons. The summed E-state index contributed by atoms with van der Waals surface area (Å²) >= 11 is 0. The van der Waals surface area contributed by atoms with Crippen molar-refractivity contribution in [3.63, 3.8) is 0 Å². The number of nitrogens with one attached hydrogen (secondary N) is 2. The Morgan fingerprint density at radius 3 is 2.76 bits per heavy atom. The average Bonchev–Trinajstić information content (AvgIpc) is 2.34. The first kappa shape index (κ1) is 13.2. The van der Waals surface area contributed by atoms with E-state index >= 15 is 0 Å². The quantitative estimate of drug-likeness (QED) is 0.649. The standard InChI is InChI=1S/C12H17N3O2/c1-14-6-5-11(16)15-8-9-3-2-4-10(7-9)12(13)17/h2-4,7,14H,5-6,8H2,1H3,(H2,13,17)(H,15,16). The lowest BCUT2D eigenvalue weighted by Gasteiger charge is -2.06. The lowest BCUT2D eigenvalue weighted by atomic mass is 10.1. The van der Waals surface area contributed by atoms with Gasteiger partial charge in [0.1, 0.15) is 0 Å². The molecule has 1 rings (SSSR count). The third-order valence-corrected chi connectivity index (χ3v) is 2.30. The predicted molar refractivity (Wildman–Crippen MR) is 65.4 cm³/mol. The zero-order valence-electron chi connectivity index (χ0n) is 9.82. The van der Waals surface area contributed by atoms with Crippen molar-refractivity contribution in [3.05, 3.63) is 35.4 Å². The fraction of sp³-hybridized carbons (Fsp3) is 0.333. The molecular weight excluding hydrogens is 218 g/mol. The van der Waals surface area contributed by atoms with Gasteiger partial charge < -0.3 is 16.4 Å². The molecule has 17 heavy (non-hydrogen) atoms. The molecule has 0 radical (unpaired) electrons. The number of primary amides is 1. The lowest BCUT2D eigenvalue weighted by molar-refractivity contribution is -0.121. The summed E-state index contributed by atoms with van der Waals surface area (Å²) in [6.45, 7) is 1.05. The van der Waals surface area contributed by atoms with Crippen molar-refractivity contribution in [2.45, 2.75) is 13.0 Å². The van der Waals surface area contributed by atoms with Crippen molar-refractivity contribution in [2.75, 3.05) is 13.6 Å². The maximum absolute atomic E-state index is 11.4. The van der Waals surface area contributed by atoms with Crippen molar-refractivity contribution in [1.29, 1.82) is 0 Å². The molecule has 5 heteroatoms. The van der Waals surface area contributed by atoms with Crippen LogP contribution in [-0.2, 0) is 11.3 Å². The number of rotatable bonds is 6. The van der Waals surface area contributed by atoms with Crippen LogP contribution in [0, 0.1) is 0 Å². The molecule has 0 saturated carbocycles. The maximum Gasteiger partial charge on any atom is 0.248 e. The van der Waals surface area contributed by atoms with Crippen molar-refractivity contribution in [3.8, 4) is 0 Å². The first-order valence-corrected chi connectivity index (χ1v) is 5.43. The molecule has 5 nitrogen and oxygen atoms in total. The van der Waals surface area contributed by atoms with E-state index in [-0.39, 0.29) is 5.91 Å². The summed E-state index contributed by atoms with van der Waals surface area (Å²) in [5, 5.41) is 5.67. The van der Waals surface area contributed by atoms with Crippen molar-refractivity contribution in [2.24, 2.45) is 5.73 Å². The Morgan fingerprint density at radius 2 is 2.12 bits per heavy atom. The van der Waals surface area contributed by atoms with Gasteiger partial charge in [0, 0.05) is 25.1 Å². The predicted octanol–water partition coefficient (Wildman–Crippen LogP) is 0.0112. The molecule has 2 amide bonds. The monoisotopic (exact) mass is 235 g/mol. The largest absolute Gasteiger partial charge is 0.366 e. The van der Waals surface area contributed by atoms with E-state index in [1.807, 2.05) is 6.07 Å². The zero-order valence-corrected chi connectivity index (χ0v) is 9.82. The van der Waals surface area contributed by atoms with Gasteiger partial charge in [0.05, 0.1) is 0 Å².